The summed E-state index contributed by atoms with van der Waals surface area (Å²) >= 11 is 0. The molecule has 0 saturated carbocycles. The maximum atomic E-state index is 10.9. The monoisotopic (exact) mass is 212 g/mol. The Balaban J connectivity index is 2.49. The van der Waals surface area contributed by atoms with Gasteiger partial charge in [-0.3, -0.25) is 4.90 Å². The molecular weight excluding hydrogens is 188 g/mol. The van der Waals surface area contributed by atoms with Gasteiger partial charge in [-0.05, 0) is 33.5 Å². The number of carbonyl (C=O) groups is 1. The highest BCUT2D eigenvalue weighted by atomic mass is 16.1. The highest BCUT2D eigenvalue weighted by Gasteiger charge is 2.29. The topological polar surface area (TPSA) is 23.6 Å². The van der Waals surface area contributed by atoms with Gasteiger partial charge >= 0.3 is 0 Å². The quantitative estimate of drug-likeness (QED) is 0.641. The average molecular weight is 212 g/mol. The zero-order valence-electron chi connectivity index (χ0n) is 10.5. The second-order valence-corrected chi connectivity index (χ2v) is 5.64. The smallest absolute Gasteiger partial charge is 0.126 e. The van der Waals surface area contributed by atoms with E-state index in [2.05, 4.69) is 23.9 Å². The number of hydrogen-bond donors (Lipinski definition) is 0. The molecule has 3 nitrogen and oxygen atoms in total. The van der Waals surface area contributed by atoms with Crippen molar-refractivity contribution in [3.63, 3.8) is 0 Å². The van der Waals surface area contributed by atoms with Gasteiger partial charge in [0.1, 0.15) is 6.29 Å². The summed E-state index contributed by atoms with van der Waals surface area (Å²) in [5.74, 6) is 0. The van der Waals surface area contributed by atoms with Crippen LogP contribution in [-0.4, -0.2) is 55.9 Å². The second kappa shape index (κ2) is 5.08. The molecule has 1 saturated heterocycles. The van der Waals surface area contributed by atoms with E-state index >= 15 is 0 Å². The molecular formula is C12H24N2O. The molecule has 0 N–H and O–H groups in total. The van der Waals surface area contributed by atoms with Crippen LogP contribution < -0.4 is 0 Å². The number of likely N-dealkylation sites (N-methyl/N-ethyl adjacent to an activating group) is 1. The van der Waals surface area contributed by atoms with Crippen LogP contribution >= 0.6 is 0 Å². The van der Waals surface area contributed by atoms with E-state index in [1.54, 1.807) is 0 Å². The lowest BCUT2D eigenvalue weighted by Gasteiger charge is -2.31. The van der Waals surface area contributed by atoms with Crippen LogP contribution in [-0.2, 0) is 4.79 Å². The zero-order valence-corrected chi connectivity index (χ0v) is 10.5. The van der Waals surface area contributed by atoms with Crippen LogP contribution in [0, 0.1) is 5.41 Å². The summed E-state index contributed by atoms with van der Waals surface area (Å²) in [4.78, 5) is 15.6. The highest BCUT2D eigenvalue weighted by Crippen LogP contribution is 2.23. The zero-order chi connectivity index (χ0) is 11.5. The number of rotatable bonds is 5. The molecule has 1 atom stereocenters. The first-order chi connectivity index (χ1) is 6.94. The van der Waals surface area contributed by atoms with E-state index in [-0.39, 0.29) is 5.41 Å². The molecule has 0 amide bonds. The van der Waals surface area contributed by atoms with Crippen LogP contribution in [0.3, 0.4) is 0 Å². The van der Waals surface area contributed by atoms with Gasteiger partial charge in [-0.15, -0.1) is 0 Å². The van der Waals surface area contributed by atoms with Crippen molar-refractivity contribution in [1.29, 1.82) is 0 Å². The van der Waals surface area contributed by atoms with Crippen LogP contribution in [0.25, 0.3) is 0 Å². The number of aldehydes is 1. The predicted molar refractivity (Wildman–Crippen MR) is 63.0 cm³/mol. The Morgan fingerprint density at radius 1 is 1.47 bits per heavy atom. The Bertz CT molecular complexity index is 214. The SMILES string of the molecule is CN(C)CC1CCCN1CC(C)(C)C=O. The average Bonchev–Trinajstić information content (AvgIpc) is 2.51. The van der Waals surface area contributed by atoms with E-state index in [0.29, 0.717) is 6.04 Å². The van der Waals surface area contributed by atoms with E-state index in [4.69, 9.17) is 0 Å². The largest absolute Gasteiger partial charge is 0.308 e. The van der Waals surface area contributed by atoms with Crippen LogP contribution in [0.5, 0.6) is 0 Å². The normalized spacial score (nSPS) is 23.7. The summed E-state index contributed by atoms with van der Waals surface area (Å²) in [6.45, 7) is 7.19. The highest BCUT2D eigenvalue weighted by molar-refractivity contribution is 5.58. The summed E-state index contributed by atoms with van der Waals surface area (Å²) < 4.78 is 0. The van der Waals surface area contributed by atoms with Gasteiger partial charge in [-0.2, -0.15) is 0 Å². The van der Waals surface area contributed by atoms with Crippen molar-refractivity contribution in [1.82, 2.24) is 9.80 Å². The van der Waals surface area contributed by atoms with Crippen LogP contribution in [0.1, 0.15) is 26.7 Å². The summed E-state index contributed by atoms with van der Waals surface area (Å²) in [7, 11) is 4.22. The first kappa shape index (κ1) is 12.7. The summed E-state index contributed by atoms with van der Waals surface area (Å²) in [5.41, 5.74) is -0.200. The minimum Gasteiger partial charge on any atom is -0.308 e. The fraction of sp³-hybridized carbons (Fsp3) is 0.917. The Morgan fingerprint density at radius 2 is 2.13 bits per heavy atom. The van der Waals surface area contributed by atoms with Crippen molar-refractivity contribution in [2.24, 2.45) is 5.41 Å². The van der Waals surface area contributed by atoms with Gasteiger partial charge < -0.3 is 9.69 Å². The summed E-state index contributed by atoms with van der Waals surface area (Å²) in [5, 5.41) is 0. The molecule has 0 aliphatic carbocycles. The molecule has 0 bridgehead atoms. The predicted octanol–water partition coefficient (Wildman–Crippen LogP) is 1.24. The van der Waals surface area contributed by atoms with E-state index in [1.807, 2.05) is 13.8 Å². The molecule has 1 aliphatic heterocycles. The van der Waals surface area contributed by atoms with Crippen molar-refractivity contribution in [2.75, 3.05) is 33.7 Å². The Hall–Kier alpha value is -0.410. The molecule has 0 aromatic carbocycles. The van der Waals surface area contributed by atoms with Crippen molar-refractivity contribution < 1.29 is 4.79 Å². The van der Waals surface area contributed by atoms with Crippen LogP contribution in [0.4, 0.5) is 0 Å². The van der Waals surface area contributed by atoms with E-state index in [1.165, 1.54) is 12.8 Å². The lowest BCUT2D eigenvalue weighted by atomic mass is 9.95. The number of carbonyl (C=O) groups excluding carboxylic acids is 1. The second-order valence-electron chi connectivity index (χ2n) is 5.64. The van der Waals surface area contributed by atoms with Crippen molar-refractivity contribution in [3.8, 4) is 0 Å². The van der Waals surface area contributed by atoms with E-state index in [9.17, 15) is 4.79 Å². The maximum absolute atomic E-state index is 10.9. The molecule has 1 aliphatic rings. The first-order valence-corrected chi connectivity index (χ1v) is 5.80. The molecule has 0 aromatic heterocycles. The molecule has 1 heterocycles. The standard InChI is InChI=1S/C12H24N2O/c1-12(2,10-15)9-14-7-5-6-11(14)8-13(3)4/h10-11H,5-9H2,1-4H3. The Labute approximate surface area is 93.4 Å². The van der Waals surface area contributed by atoms with Gasteiger partial charge in [0.2, 0.25) is 0 Å². The molecule has 1 rings (SSSR count). The van der Waals surface area contributed by atoms with Gasteiger partial charge in [0.15, 0.2) is 0 Å². The fourth-order valence-corrected chi connectivity index (χ4v) is 2.29. The Morgan fingerprint density at radius 3 is 2.67 bits per heavy atom. The third kappa shape index (κ3) is 3.92. The maximum Gasteiger partial charge on any atom is 0.126 e. The molecule has 0 aromatic rings. The third-order valence-electron chi connectivity index (χ3n) is 3.00. The van der Waals surface area contributed by atoms with E-state index < -0.39 is 0 Å². The van der Waals surface area contributed by atoms with Crippen molar-refractivity contribution in [3.05, 3.63) is 0 Å². The number of likely N-dealkylation sites (tertiary alicyclic amines) is 1. The van der Waals surface area contributed by atoms with Crippen molar-refractivity contribution in [2.45, 2.75) is 32.7 Å². The molecule has 0 spiro atoms. The molecule has 3 heteroatoms. The third-order valence-corrected chi connectivity index (χ3v) is 3.00. The van der Waals surface area contributed by atoms with Crippen LogP contribution in [0.2, 0.25) is 0 Å². The molecule has 88 valence electrons. The fourth-order valence-electron chi connectivity index (χ4n) is 2.29. The van der Waals surface area contributed by atoms with Gasteiger partial charge in [0, 0.05) is 24.5 Å². The molecule has 1 unspecified atom stereocenters. The van der Waals surface area contributed by atoms with Gasteiger partial charge in [0.05, 0.1) is 0 Å². The number of hydrogen-bond acceptors (Lipinski definition) is 3. The molecule has 15 heavy (non-hydrogen) atoms. The summed E-state index contributed by atoms with van der Waals surface area (Å²) in [6.07, 6.45) is 3.62. The minimum atomic E-state index is -0.200. The van der Waals surface area contributed by atoms with Crippen molar-refractivity contribution >= 4 is 6.29 Å². The van der Waals surface area contributed by atoms with Crippen LogP contribution in [0.15, 0.2) is 0 Å². The molecule has 1 fully saturated rings. The van der Waals surface area contributed by atoms with Gasteiger partial charge in [-0.1, -0.05) is 13.8 Å². The summed E-state index contributed by atoms with van der Waals surface area (Å²) in [6, 6.07) is 0.638. The number of nitrogens with zero attached hydrogens (tertiary/aromatic N) is 2. The van der Waals surface area contributed by atoms with E-state index in [0.717, 1.165) is 25.9 Å². The van der Waals surface area contributed by atoms with Gasteiger partial charge in [-0.25, -0.2) is 0 Å². The van der Waals surface area contributed by atoms with Gasteiger partial charge in [0.25, 0.3) is 0 Å². The first-order valence-electron chi connectivity index (χ1n) is 5.80. The minimum absolute atomic E-state index is 0.200. The lowest BCUT2D eigenvalue weighted by molar-refractivity contribution is -0.115. The lowest BCUT2D eigenvalue weighted by Crippen LogP contribution is -2.42. The Kier molecular flexibility index (Phi) is 4.29. The molecule has 0 radical (unpaired) electrons.